The van der Waals surface area contributed by atoms with Gasteiger partial charge in [0.05, 0.1) is 10.8 Å². The molecule has 7 heteroatoms. The van der Waals surface area contributed by atoms with E-state index >= 15 is 0 Å². The van der Waals surface area contributed by atoms with Gasteiger partial charge in [-0.1, -0.05) is 55.0 Å². The molecule has 0 spiro atoms. The third-order valence-corrected chi connectivity index (χ3v) is 6.04. The molecule has 0 bridgehead atoms. The summed E-state index contributed by atoms with van der Waals surface area (Å²) in [5.41, 5.74) is 8.09. The minimum Gasteiger partial charge on any atom is -0.344 e. The number of carbonyl (C=O) groups is 1. The maximum absolute atomic E-state index is 12.6. The van der Waals surface area contributed by atoms with Crippen molar-refractivity contribution in [3.05, 3.63) is 65.7 Å². The summed E-state index contributed by atoms with van der Waals surface area (Å²) in [6.45, 7) is 4.07. The second kappa shape index (κ2) is 9.12. The van der Waals surface area contributed by atoms with Gasteiger partial charge in [0, 0.05) is 26.2 Å². The van der Waals surface area contributed by atoms with Crippen molar-refractivity contribution in [1.29, 1.82) is 0 Å². The first-order valence-corrected chi connectivity index (χ1v) is 10.3. The van der Waals surface area contributed by atoms with Crippen LogP contribution in [0.5, 0.6) is 0 Å². The van der Waals surface area contributed by atoms with Crippen molar-refractivity contribution in [2.75, 3.05) is 20.1 Å². The third kappa shape index (κ3) is 5.63. The number of nitrogens with one attached hydrogen (secondary N) is 1. The third-order valence-electron chi connectivity index (χ3n) is 4.56. The van der Waals surface area contributed by atoms with Gasteiger partial charge in [0.2, 0.25) is 15.9 Å². The van der Waals surface area contributed by atoms with Crippen molar-refractivity contribution in [3.8, 4) is 0 Å². The molecule has 1 amide bonds. The molecule has 0 aromatic heterocycles. The van der Waals surface area contributed by atoms with Gasteiger partial charge in [-0.15, -0.1) is 0 Å². The predicted molar refractivity (Wildman–Crippen MR) is 107 cm³/mol. The highest BCUT2D eigenvalue weighted by Crippen LogP contribution is 2.20. The number of nitrogens with two attached hydrogens (primary N) is 1. The summed E-state index contributed by atoms with van der Waals surface area (Å²) in [5.74, 6) is -0.535. The molecule has 0 radical (unpaired) electrons. The lowest BCUT2D eigenvalue weighted by molar-refractivity contribution is -0.134. The molecule has 2 unspecified atom stereocenters. The van der Waals surface area contributed by atoms with E-state index in [0.717, 1.165) is 11.1 Å². The van der Waals surface area contributed by atoms with Gasteiger partial charge < -0.3 is 10.6 Å². The van der Waals surface area contributed by atoms with E-state index in [0.29, 0.717) is 0 Å². The molecular formula is C20H27N3O3S. The lowest BCUT2D eigenvalue weighted by Crippen LogP contribution is -2.41. The maximum Gasteiger partial charge on any atom is 0.240 e. The van der Waals surface area contributed by atoms with Gasteiger partial charge in [-0.05, 0) is 24.6 Å². The first kappa shape index (κ1) is 21.1. The molecule has 2 rings (SSSR count). The second-order valence-electron chi connectivity index (χ2n) is 6.70. The Morgan fingerprint density at radius 1 is 1.11 bits per heavy atom. The predicted octanol–water partition coefficient (Wildman–Crippen LogP) is 2.07. The Labute approximate surface area is 161 Å². The van der Waals surface area contributed by atoms with Crippen molar-refractivity contribution in [2.24, 2.45) is 11.7 Å². The van der Waals surface area contributed by atoms with E-state index in [1.807, 2.05) is 37.3 Å². The molecule has 0 saturated carbocycles. The van der Waals surface area contributed by atoms with Crippen molar-refractivity contribution in [1.82, 2.24) is 9.62 Å². The van der Waals surface area contributed by atoms with Crippen LogP contribution in [0.25, 0.3) is 0 Å². The summed E-state index contributed by atoms with van der Waals surface area (Å²) in [6.07, 6.45) is 0. The number of carbonyl (C=O) groups excluding carboxylic acids is 1. The zero-order valence-electron chi connectivity index (χ0n) is 15.9. The van der Waals surface area contributed by atoms with Crippen LogP contribution in [0.15, 0.2) is 59.5 Å². The van der Waals surface area contributed by atoms with E-state index in [1.165, 1.54) is 4.90 Å². The molecule has 6 nitrogen and oxygen atoms in total. The number of likely N-dealkylation sites (N-methyl/N-ethyl adjacent to an activating group) is 1. The Bertz CT molecular complexity index is 852. The van der Waals surface area contributed by atoms with Crippen LogP contribution in [0.1, 0.15) is 24.1 Å². The van der Waals surface area contributed by atoms with Crippen LogP contribution in [-0.4, -0.2) is 39.4 Å². The van der Waals surface area contributed by atoms with Gasteiger partial charge in [0.1, 0.15) is 0 Å². The molecule has 0 saturated heterocycles. The van der Waals surface area contributed by atoms with Gasteiger partial charge >= 0.3 is 0 Å². The number of nitrogens with zero attached hydrogens (tertiary/aromatic N) is 1. The number of sulfonamides is 1. The maximum atomic E-state index is 12.6. The Kier molecular flexibility index (Phi) is 7.12. The van der Waals surface area contributed by atoms with E-state index in [9.17, 15) is 13.2 Å². The number of benzene rings is 2. The van der Waals surface area contributed by atoms with E-state index in [1.54, 1.807) is 38.2 Å². The molecule has 0 aliphatic heterocycles. The average Bonchev–Trinajstić information content (AvgIpc) is 2.67. The van der Waals surface area contributed by atoms with Crippen LogP contribution in [0.2, 0.25) is 0 Å². The van der Waals surface area contributed by atoms with Crippen molar-refractivity contribution < 1.29 is 13.2 Å². The molecular weight excluding hydrogens is 362 g/mol. The Morgan fingerprint density at radius 3 is 2.30 bits per heavy atom. The van der Waals surface area contributed by atoms with Crippen LogP contribution >= 0.6 is 0 Å². The summed E-state index contributed by atoms with van der Waals surface area (Å²) in [6, 6.07) is 15.7. The first-order chi connectivity index (χ1) is 12.7. The second-order valence-corrected chi connectivity index (χ2v) is 8.46. The van der Waals surface area contributed by atoms with Crippen molar-refractivity contribution >= 4 is 15.9 Å². The number of hydrogen-bond acceptors (Lipinski definition) is 4. The standard InChI is InChI=1S/C20H27N3O3S/c1-15-9-11-18(12-10-15)27(25,26)22-13-14-23(3)20(24)16(2)19(21)17-7-5-4-6-8-17/h4-12,16,19,22H,13-14,21H2,1-3H3. The quantitative estimate of drug-likeness (QED) is 0.723. The van der Waals surface area contributed by atoms with Gasteiger partial charge in [-0.25, -0.2) is 13.1 Å². The Hall–Kier alpha value is -2.22. The molecule has 3 N–H and O–H groups in total. The summed E-state index contributed by atoms with van der Waals surface area (Å²) in [7, 11) is -1.94. The minimum atomic E-state index is -3.59. The summed E-state index contributed by atoms with van der Waals surface area (Å²) in [4.78, 5) is 14.3. The fourth-order valence-electron chi connectivity index (χ4n) is 2.72. The monoisotopic (exact) mass is 389 g/mol. The van der Waals surface area contributed by atoms with Crippen LogP contribution in [0, 0.1) is 12.8 Å². The van der Waals surface area contributed by atoms with Gasteiger partial charge in [-0.2, -0.15) is 0 Å². The zero-order valence-corrected chi connectivity index (χ0v) is 16.7. The molecule has 146 valence electrons. The van der Waals surface area contributed by atoms with Gasteiger partial charge in [0.25, 0.3) is 0 Å². The zero-order chi connectivity index (χ0) is 20.0. The van der Waals surface area contributed by atoms with Gasteiger partial charge in [-0.3, -0.25) is 4.79 Å². The van der Waals surface area contributed by atoms with Crippen LogP contribution in [0.3, 0.4) is 0 Å². The molecule has 0 heterocycles. The number of amides is 1. The highest BCUT2D eigenvalue weighted by atomic mass is 32.2. The Balaban J connectivity index is 1.90. The molecule has 27 heavy (non-hydrogen) atoms. The molecule has 2 atom stereocenters. The highest BCUT2D eigenvalue weighted by molar-refractivity contribution is 7.89. The smallest absolute Gasteiger partial charge is 0.240 e. The van der Waals surface area contributed by atoms with E-state index < -0.39 is 22.0 Å². The molecule has 0 aliphatic carbocycles. The van der Waals surface area contributed by atoms with Crippen molar-refractivity contribution in [3.63, 3.8) is 0 Å². The summed E-state index contributed by atoms with van der Waals surface area (Å²) >= 11 is 0. The lowest BCUT2D eigenvalue weighted by Gasteiger charge is -2.25. The highest BCUT2D eigenvalue weighted by Gasteiger charge is 2.25. The van der Waals surface area contributed by atoms with E-state index in [-0.39, 0.29) is 23.9 Å². The van der Waals surface area contributed by atoms with Crippen molar-refractivity contribution in [2.45, 2.75) is 24.8 Å². The molecule has 2 aromatic carbocycles. The largest absolute Gasteiger partial charge is 0.344 e. The molecule has 2 aromatic rings. The van der Waals surface area contributed by atoms with Crippen LogP contribution in [-0.2, 0) is 14.8 Å². The first-order valence-electron chi connectivity index (χ1n) is 8.84. The van der Waals surface area contributed by atoms with Gasteiger partial charge in [0.15, 0.2) is 0 Å². The fourth-order valence-corrected chi connectivity index (χ4v) is 3.74. The number of hydrogen-bond donors (Lipinski definition) is 2. The fraction of sp³-hybridized carbons (Fsp3) is 0.350. The topological polar surface area (TPSA) is 92.5 Å². The number of aryl methyl sites for hydroxylation is 1. The SMILES string of the molecule is Cc1ccc(S(=O)(=O)NCCN(C)C(=O)C(C)C(N)c2ccccc2)cc1. The average molecular weight is 390 g/mol. The summed E-state index contributed by atoms with van der Waals surface area (Å²) < 4.78 is 27.1. The minimum absolute atomic E-state index is 0.124. The molecule has 0 aliphatic rings. The number of rotatable bonds is 8. The van der Waals surface area contributed by atoms with Crippen LogP contribution < -0.4 is 10.5 Å². The summed E-state index contributed by atoms with van der Waals surface area (Å²) in [5, 5.41) is 0. The van der Waals surface area contributed by atoms with E-state index in [2.05, 4.69) is 4.72 Å². The lowest BCUT2D eigenvalue weighted by atomic mass is 9.94. The Morgan fingerprint density at radius 2 is 1.70 bits per heavy atom. The van der Waals surface area contributed by atoms with E-state index in [4.69, 9.17) is 5.73 Å². The van der Waals surface area contributed by atoms with Crippen LogP contribution in [0.4, 0.5) is 0 Å². The molecule has 0 fully saturated rings. The normalized spacial score (nSPS) is 13.8.